The van der Waals surface area contributed by atoms with Crippen LogP contribution in [0.4, 0.5) is 0 Å². The molecule has 0 aliphatic rings. The summed E-state index contributed by atoms with van der Waals surface area (Å²) in [5.74, 6) is -0.540. The summed E-state index contributed by atoms with van der Waals surface area (Å²) in [6.45, 7) is 0.102. The topological polar surface area (TPSA) is 74.3 Å². The van der Waals surface area contributed by atoms with E-state index >= 15 is 0 Å². The highest BCUT2D eigenvalue weighted by Crippen LogP contribution is 2.05. The lowest BCUT2D eigenvalue weighted by Gasteiger charge is -2.11. The molecule has 2 N–H and O–H groups in total. The summed E-state index contributed by atoms with van der Waals surface area (Å²) in [5.41, 5.74) is 5.32. The lowest BCUT2D eigenvalue weighted by Crippen LogP contribution is -2.38. The molecule has 0 saturated heterocycles. The van der Waals surface area contributed by atoms with Crippen molar-refractivity contribution >= 4 is 21.9 Å². The first-order chi connectivity index (χ1) is 7.04. The van der Waals surface area contributed by atoms with Crippen molar-refractivity contribution in [3.63, 3.8) is 0 Å². The van der Waals surface area contributed by atoms with Crippen LogP contribution in [0.3, 0.4) is 0 Å². The molecule has 0 aliphatic heterocycles. The van der Waals surface area contributed by atoms with Gasteiger partial charge in [0.25, 0.3) is 5.56 Å². The second-order valence-corrected chi connectivity index (χ2v) is 3.88. The number of carbonyl (C=O) groups is 1. The molecule has 1 unspecified atom stereocenters. The van der Waals surface area contributed by atoms with Crippen LogP contribution in [0, 0.1) is 0 Å². The van der Waals surface area contributed by atoms with Crippen molar-refractivity contribution in [3.05, 3.63) is 33.2 Å². The molecule has 1 aromatic rings. The number of aromatic nitrogens is 1. The molecule has 15 heavy (non-hydrogen) atoms. The molecule has 5 nitrogen and oxygen atoms in total. The molecule has 6 heteroatoms. The fourth-order valence-corrected chi connectivity index (χ4v) is 1.46. The number of ether oxygens (including phenoxy) is 1. The Morgan fingerprint density at radius 2 is 2.33 bits per heavy atom. The first kappa shape index (κ1) is 11.9. The third kappa shape index (κ3) is 3.17. The molecular formula is C9H11BrN2O3. The molecule has 0 spiro atoms. The summed E-state index contributed by atoms with van der Waals surface area (Å²) in [7, 11) is 1.26. The van der Waals surface area contributed by atoms with E-state index in [0.717, 1.165) is 4.47 Å². The first-order valence-electron chi connectivity index (χ1n) is 4.24. The lowest BCUT2D eigenvalue weighted by molar-refractivity contribution is -0.142. The van der Waals surface area contributed by atoms with E-state index in [4.69, 9.17) is 5.73 Å². The number of esters is 1. The second kappa shape index (κ2) is 5.09. The van der Waals surface area contributed by atoms with E-state index in [9.17, 15) is 9.59 Å². The van der Waals surface area contributed by atoms with Crippen LogP contribution in [0.25, 0.3) is 0 Å². The van der Waals surface area contributed by atoms with Crippen molar-refractivity contribution < 1.29 is 9.53 Å². The minimum Gasteiger partial charge on any atom is -0.468 e. The van der Waals surface area contributed by atoms with Gasteiger partial charge in [-0.1, -0.05) is 0 Å². The maximum atomic E-state index is 11.4. The molecule has 0 aromatic carbocycles. The van der Waals surface area contributed by atoms with Crippen LogP contribution < -0.4 is 11.3 Å². The van der Waals surface area contributed by atoms with Crippen LogP contribution in [-0.4, -0.2) is 23.7 Å². The minimum atomic E-state index is -0.831. The zero-order chi connectivity index (χ0) is 11.4. The van der Waals surface area contributed by atoms with E-state index in [0.29, 0.717) is 0 Å². The van der Waals surface area contributed by atoms with Gasteiger partial charge in [0.1, 0.15) is 6.04 Å². The van der Waals surface area contributed by atoms with Gasteiger partial charge in [-0.05, 0) is 22.0 Å². The molecule has 0 fully saturated rings. The highest BCUT2D eigenvalue weighted by atomic mass is 79.9. The van der Waals surface area contributed by atoms with Gasteiger partial charge in [-0.25, -0.2) is 0 Å². The number of nitrogens with zero attached hydrogens (tertiary/aromatic N) is 1. The zero-order valence-electron chi connectivity index (χ0n) is 8.14. The summed E-state index contributed by atoms with van der Waals surface area (Å²) in [4.78, 5) is 22.4. The van der Waals surface area contributed by atoms with Crippen molar-refractivity contribution in [1.29, 1.82) is 0 Å². The van der Waals surface area contributed by atoms with E-state index in [2.05, 4.69) is 20.7 Å². The molecule has 0 amide bonds. The van der Waals surface area contributed by atoms with Gasteiger partial charge >= 0.3 is 5.97 Å². The van der Waals surface area contributed by atoms with E-state index in [1.807, 2.05) is 0 Å². The average molecular weight is 275 g/mol. The summed E-state index contributed by atoms with van der Waals surface area (Å²) in [6.07, 6.45) is 1.57. The number of rotatable bonds is 3. The van der Waals surface area contributed by atoms with Gasteiger partial charge in [0.2, 0.25) is 0 Å². The van der Waals surface area contributed by atoms with Gasteiger partial charge in [-0.2, -0.15) is 0 Å². The Balaban J connectivity index is 2.85. The Labute approximate surface area is 95.0 Å². The SMILES string of the molecule is COC(=O)C(N)Cn1cc(Br)ccc1=O. The quantitative estimate of drug-likeness (QED) is 0.794. The Morgan fingerprint density at radius 1 is 1.67 bits per heavy atom. The number of hydrogen-bond donors (Lipinski definition) is 1. The Kier molecular flexibility index (Phi) is 4.05. The van der Waals surface area contributed by atoms with E-state index in [-0.39, 0.29) is 12.1 Å². The largest absolute Gasteiger partial charge is 0.468 e. The fourth-order valence-electron chi connectivity index (χ4n) is 1.08. The van der Waals surface area contributed by atoms with Crippen LogP contribution in [0.2, 0.25) is 0 Å². The van der Waals surface area contributed by atoms with Crippen LogP contribution in [0.15, 0.2) is 27.6 Å². The number of methoxy groups -OCH3 is 1. The zero-order valence-corrected chi connectivity index (χ0v) is 9.73. The standard InChI is InChI=1S/C9H11BrN2O3/c1-15-9(14)7(11)5-12-4-6(10)2-3-8(12)13/h2-4,7H,5,11H2,1H3. The van der Waals surface area contributed by atoms with Gasteiger partial charge in [0, 0.05) is 16.7 Å². The van der Waals surface area contributed by atoms with E-state index < -0.39 is 12.0 Å². The van der Waals surface area contributed by atoms with Gasteiger partial charge in [0.05, 0.1) is 13.7 Å². The van der Waals surface area contributed by atoms with Gasteiger partial charge < -0.3 is 15.0 Å². The molecule has 1 heterocycles. The molecule has 0 saturated carbocycles. The van der Waals surface area contributed by atoms with Crippen molar-refractivity contribution in [1.82, 2.24) is 4.57 Å². The van der Waals surface area contributed by atoms with Crippen molar-refractivity contribution in [2.45, 2.75) is 12.6 Å². The van der Waals surface area contributed by atoms with Crippen LogP contribution in [0.1, 0.15) is 0 Å². The van der Waals surface area contributed by atoms with Gasteiger partial charge in [-0.3, -0.25) is 9.59 Å². The monoisotopic (exact) mass is 274 g/mol. The van der Waals surface area contributed by atoms with E-state index in [1.165, 1.54) is 17.7 Å². The normalized spacial score (nSPS) is 12.2. The first-order valence-corrected chi connectivity index (χ1v) is 5.03. The maximum Gasteiger partial charge on any atom is 0.324 e. The highest BCUT2D eigenvalue weighted by molar-refractivity contribution is 9.10. The predicted molar refractivity (Wildman–Crippen MR) is 58.4 cm³/mol. The molecule has 1 aromatic heterocycles. The molecule has 0 aliphatic carbocycles. The summed E-state index contributed by atoms with van der Waals surface area (Å²) in [5, 5.41) is 0. The summed E-state index contributed by atoms with van der Waals surface area (Å²) >= 11 is 3.22. The lowest BCUT2D eigenvalue weighted by atomic mass is 10.3. The number of pyridine rings is 1. The minimum absolute atomic E-state index is 0.102. The average Bonchev–Trinajstić information content (AvgIpc) is 2.22. The molecular weight excluding hydrogens is 264 g/mol. The number of carbonyl (C=O) groups excluding carboxylic acids is 1. The number of nitrogens with two attached hydrogens (primary N) is 1. The van der Waals surface area contributed by atoms with Crippen molar-refractivity contribution in [2.75, 3.05) is 7.11 Å². The van der Waals surface area contributed by atoms with Crippen molar-refractivity contribution in [3.8, 4) is 0 Å². The summed E-state index contributed by atoms with van der Waals surface area (Å²) in [6, 6.07) is 2.19. The number of halogens is 1. The number of hydrogen-bond acceptors (Lipinski definition) is 4. The fraction of sp³-hybridized carbons (Fsp3) is 0.333. The van der Waals surface area contributed by atoms with Crippen molar-refractivity contribution in [2.24, 2.45) is 5.73 Å². The Bertz CT molecular complexity index is 416. The molecule has 82 valence electrons. The van der Waals surface area contributed by atoms with E-state index in [1.54, 1.807) is 12.3 Å². The maximum absolute atomic E-state index is 11.4. The molecule has 0 bridgehead atoms. The van der Waals surface area contributed by atoms with Crippen LogP contribution in [0.5, 0.6) is 0 Å². The van der Waals surface area contributed by atoms with Crippen LogP contribution in [-0.2, 0) is 16.1 Å². The summed E-state index contributed by atoms with van der Waals surface area (Å²) < 4.78 is 6.57. The van der Waals surface area contributed by atoms with Crippen LogP contribution >= 0.6 is 15.9 Å². The van der Waals surface area contributed by atoms with Gasteiger partial charge in [-0.15, -0.1) is 0 Å². The third-order valence-corrected chi connectivity index (χ3v) is 2.31. The molecule has 1 atom stereocenters. The Morgan fingerprint density at radius 3 is 2.93 bits per heavy atom. The smallest absolute Gasteiger partial charge is 0.324 e. The second-order valence-electron chi connectivity index (χ2n) is 2.97. The highest BCUT2D eigenvalue weighted by Gasteiger charge is 2.14. The predicted octanol–water partition coefficient (Wildman–Crippen LogP) is 0.111. The molecule has 0 radical (unpaired) electrons. The molecule has 1 rings (SSSR count). The van der Waals surface area contributed by atoms with Gasteiger partial charge in [0.15, 0.2) is 0 Å². The Hall–Kier alpha value is -1.14. The third-order valence-electron chi connectivity index (χ3n) is 1.84.